The lowest BCUT2D eigenvalue weighted by molar-refractivity contribution is -0.121. The zero-order valence-corrected chi connectivity index (χ0v) is 16.0. The lowest BCUT2D eigenvalue weighted by Crippen LogP contribution is -2.21. The van der Waals surface area contributed by atoms with E-state index < -0.39 is 0 Å². The molecule has 0 atom stereocenters. The van der Waals surface area contributed by atoms with Crippen molar-refractivity contribution in [2.24, 2.45) is 10.9 Å². The van der Waals surface area contributed by atoms with Crippen molar-refractivity contribution in [3.05, 3.63) is 28.6 Å². The minimum absolute atomic E-state index is 0.0363. The van der Waals surface area contributed by atoms with E-state index in [1.165, 1.54) is 11.3 Å². The number of methoxy groups -OCH3 is 1. The quantitative estimate of drug-likeness (QED) is 0.726. The van der Waals surface area contributed by atoms with Gasteiger partial charge in [-0.25, -0.2) is 4.79 Å². The molecule has 26 heavy (non-hydrogen) atoms. The molecule has 0 N–H and O–H groups in total. The Morgan fingerprint density at radius 1 is 1.31 bits per heavy atom. The Hall–Kier alpha value is -1.99. The number of nitrogens with zero attached hydrogens (tertiary/aromatic N) is 2. The smallest absolute Gasteiger partial charge is 0.338 e. The van der Waals surface area contributed by atoms with Crippen LogP contribution in [-0.4, -0.2) is 36.8 Å². The van der Waals surface area contributed by atoms with Crippen molar-refractivity contribution in [1.29, 1.82) is 0 Å². The first-order valence-corrected chi connectivity index (χ1v) is 9.83. The van der Waals surface area contributed by atoms with Crippen LogP contribution in [0.3, 0.4) is 0 Å². The fourth-order valence-electron chi connectivity index (χ4n) is 3.26. The number of fused-ring (bicyclic) bond motifs is 1. The van der Waals surface area contributed by atoms with E-state index in [0.29, 0.717) is 30.1 Å². The molecule has 1 aromatic heterocycles. The molecule has 7 heteroatoms. The van der Waals surface area contributed by atoms with Gasteiger partial charge < -0.3 is 14.0 Å². The summed E-state index contributed by atoms with van der Waals surface area (Å²) in [7, 11) is 1.65. The third-order valence-corrected chi connectivity index (χ3v) is 5.66. The maximum atomic E-state index is 12.5. The van der Waals surface area contributed by atoms with E-state index in [1.807, 2.05) is 10.6 Å². The highest BCUT2D eigenvalue weighted by molar-refractivity contribution is 7.16. The highest BCUT2D eigenvalue weighted by Crippen LogP contribution is 2.26. The van der Waals surface area contributed by atoms with Gasteiger partial charge in [-0.1, -0.05) is 24.2 Å². The van der Waals surface area contributed by atoms with Crippen LogP contribution in [0.15, 0.2) is 23.2 Å². The maximum absolute atomic E-state index is 12.5. The first kappa shape index (κ1) is 18.8. The molecule has 6 nitrogen and oxygen atoms in total. The molecule has 1 heterocycles. The van der Waals surface area contributed by atoms with Gasteiger partial charge in [0.15, 0.2) is 4.80 Å². The summed E-state index contributed by atoms with van der Waals surface area (Å²) in [5, 5.41) is 0. The van der Waals surface area contributed by atoms with Gasteiger partial charge in [-0.3, -0.25) is 4.79 Å². The molecule has 0 spiro atoms. The number of aromatic nitrogens is 1. The zero-order chi connectivity index (χ0) is 18.5. The van der Waals surface area contributed by atoms with Gasteiger partial charge >= 0.3 is 5.97 Å². The molecule has 2 aromatic rings. The normalized spacial score (nSPS) is 15.7. The van der Waals surface area contributed by atoms with Crippen LogP contribution < -0.4 is 4.80 Å². The number of hydrogen-bond acceptors (Lipinski definition) is 5. The molecule has 3 rings (SSSR count). The number of carbonyl (C=O) groups is 2. The minimum Gasteiger partial charge on any atom is -0.462 e. The van der Waals surface area contributed by atoms with E-state index in [-0.39, 0.29) is 17.8 Å². The molecule has 0 saturated heterocycles. The van der Waals surface area contributed by atoms with Crippen molar-refractivity contribution < 1.29 is 19.1 Å². The fourth-order valence-corrected chi connectivity index (χ4v) is 4.36. The van der Waals surface area contributed by atoms with E-state index in [0.717, 1.165) is 35.9 Å². The van der Waals surface area contributed by atoms with Crippen LogP contribution in [0.1, 0.15) is 43.0 Å². The van der Waals surface area contributed by atoms with E-state index >= 15 is 0 Å². The summed E-state index contributed by atoms with van der Waals surface area (Å²) in [6.45, 7) is 3.25. The molecule has 140 valence electrons. The predicted molar refractivity (Wildman–Crippen MR) is 100 cm³/mol. The summed E-state index contributed by atoms with van der Waals surface area (Å²) >= 11 is 1.42. The van der Waals surface area contributed by atoms with Crippen molar-refractivity contribution in [2.75, 3.05) is 20.3 Å². The van der Waals surface area contributed by atoms with Gasteiger partial charge in [0.1, 0.15) is 0 Å². The number of carbonyl (C=O) groups excluding carboxylic acids is 2. The molecule has 0 bridgehead atoms. The molecule has 0 unspecified atom stereocenters. The minimum atomic E-state index is -0.341. The first-order valence-electron chi connectivity index (χ1n) is 9.02. The number of amides is 1. The van der Waals surface area contributed by atoms with Gasteiger partial charge in [0, 0.05) is 19.6 Å². The molecule has 1 saturated carbocycles. The highest BCUT2D eigenvalue weighted by atomic mass is 32.1. The average molecular weight is 376 g/mol. The Morgan fingerprint density at radius 3 is 2.77 bits per heavy atom. The van der Waals surface area contributed by atoms with E-state index in [9.17, 15) is 9.59 Å². The third-order valence-electron chi connectivity index (χ3n) is 4.62. The Labute approximate surface area is 156 Å². The molecule has 0 radical (unpaired) electrons. The molecule has 0 aliphatic heterocycles. The second-order valence-corrected chi connectivity index (χ2v) is 7.37. The van der Waals surface area contributed by atoms with Crippen molar-refractivity contribution in [1.82, 2.24) is 4.57 Å². The number of benzene rings is 1. The molecule has 1 amide bonds. The lowest BCUT2D eigenvalue weighted by Gasteiger charge is -2.06. The molecular formula is C19H24N2O4S. The Balaban J connectivity index is 2.02. The van der Waals surface area contributed by atoms with E-state index in [1.54, 1.807) is 26.2 Å². The third kappa shape index (κ3) is 4.04. The van der Waals surface area contributed by atoms with Crippen molar-refractivity contribution in [2.45, 2.75) is 39.2 Å². The highest BCUT2D eigenvalue weighted by Gasteiger charge is 2.22. The largest absolute Gasteiger partial charge is 0.462 e. The number of ether oxygens (including phenoxy) is 2. The maximum Gasteiger partial charge on any atom is 0.338 e. The number of thiazole rings is 1. The predicted octanol–water partition coefficient (Wildman–Crippen LogP) is 3.14. The molecule has 1 fully saturated rings. The van der Waals surface area contributed by atoms with Gasteiger partial charge in [0.25, 0.3) is 5.91 Å². The Kier molecular flexibility index (Phi) is 6.21. The van der Waals surface area contributed by atoms with Crippen LogP contribution in [0.25, 0.3) is 10.2 Å². The van der Waals surface area contributed by atoms with Gasteiger partial charge in [0.2, 0.25) is 0 Å². The molecular weight excluding hydrogens is 352 g/mol. The van der Waals surface area contributed by atoms with Gasteiger partial charge in [0.05, 0.1) is 29.0 Å². The summed E-state index contributed by atoms with van der Waals surface area (Å²) in [5.41, 5.74) is 1.45. The second kappa shape index (κ2) is 8.60. The lowest BCUT2D eigenvalue weighted by atomic mass is 10.1. The van der Waals surface area contributed by atoms with Crippen LogP contribution in [0.2, 0.25) is 0 Å². The van der Waals surface area contributed by atoms with Gasteiger partial charge in [-0.2, -0.15) is 4.99 Å². The Morgan fingerprint density at radius 2 is 2.08 bits per heavy atom. The van der Waals surface area contributed by atoms with Crippen LogP contribution >= 0.6 is 11.3 Å². The van der Waals surface area contributed by atoms with Gasteiger partial charge in [-0.15, -0.1) is 0 Å². The summed E-state index contributed by atoms with van der Waals surface area (Å²) in [4.78, 5) is 29.6. The van der Waals surface area contributed by atoms with Crippen LogP contribution in [-0.2, 0) is 20.8 Å². The zero-order valence-electron chi connectivity index (χ0n) is 15.2. The first-order chi connectivity index (χ1) is 12.6. The number of hydrogen-bond donors (Lipinski definition) is 0. The average Bonchev–Trinajstić information content (AvgIpc) is 3.27. The number of rotatable bonds is 6. The van der Waals surface area contributed by atoms with Crippen molar-refractivity contribution >= 4 is 33.4 Å². The molecule has 1 aliphatic carbocycles. The van der Waals surface area contributed by atoms with Crippen molar-refractivity contribution in [3.8, 4) is 0 Å². The Bertz CT molecular complexity index is 862. The second-order valence-electron chi connectivity index (χ2n) is 6.36. The van der Waals surface area contributed by atoms with Crippen LogP contribution in [0.5, 0.6) is 0 Å². The molecule has 1 aliphatic rings. The number of esters is 1. The van der Waals surface area contributed by atoms with E-state index in [2.05, 4.69) is 4.99 Å². The SMILES string of the molecule is CCOC(=O)c1ccc2c(c1)sc(=NC(=O)C1CCCC1)n2CCOC. The van der Waals surface area contributed by atoms with Crippen molar-refractivity contribution in [3.63, 3.8) is 0 Å². The standard InChI is InChI=1S/C19H24N2O4S/c1-3-25-18(23)14-8-9-15-16(12-14)26-19(21(15)10-11-24-2)20-17(22)13-6-4-5-7-13/h8-9,12-13H,3-7,10-11H2,1-2H3. The monoisotopic (exact) mass is 376 g/mol. The molecule has 1 aromatic carbocycles. The fraction of sp³-hybridized carbons (Fsp3) is 0.526. The topological polar surface area (TPSA) is 69.9 Å². The summed E-state index contributed by atoms with van der Waals surface area (Å²) in [6, 6.07) is 5.44. The summed E-state index contributed by atoms with van der Waals surface area (Å²) in [5.74, 6) is -0.330. The summed E-state index contributed by atoms with van der Waals surface area (Å²) in [6.07, 6.45) is 4.06. The van der Waals surface area contributed by atoms with Crippen LogP contribution in [0, 0.1) is 5.92 Å². The van der Waals surface area contributed by atoms with Gasteiger partial charge in [-0.05, 0) is 38.0 Å². The van der Waals surface area contributed by atoms with Crippen LogP contribution in [0.4, 0.5) is 0 Å². The van der Waals surface area contributed by atoms with E-state index in [4.69, 9.17) is 9.47 Å². The summed E-state index contributed by atoms with van der Waals surface area (Å²) < 4.78 is 13.2.